The van der Waals surface area contributed by atoms with Gasteiger partial charge in [-0.25, -0.2) is 9.97 Å². The first kappa shape index (κ1) is 17.3. The summed E-state index contributed by atoms with van der Waals surface area (Å²) >= 11 is 0. The van der Waals surface area contributed by atoms with Gasteiger partial charge in [-0.05, 0) is 50.7 Å². The Bertz CT molecular complexity index is 716. The number of anilines is 1. The van der Waals surface area contributed by atoms with Crippen LogP contribution in [0.25, 0.3) is 0 Å². The monoisotopic (exact) mass is 339 g/mol. The summed E-state index contributed by atoms with van der Waals surface area (Å²) in [5.74, 6) is 1.37. The number of aromatic nitrogens is 3. The zero-order valence-electron chi connectivity index (χ0n) is 14.9. The van der Waals surface area contributed by atoms with Crippen LogP contribution in [0.3, 0.4) is 0 Å². The lowest BCUT2D eigenvalue weighted by Gasteiger charge is -2.20. The maximum atomic E-state index is 12.7. The van der Waals surface area contributed by atoms with Crippen LogP contribution in [0, 0.1) is 12.8 Å². The fourth-order valence-corrected chi connectivity index (χ4v) is 3.28. The number of pyridine rings is 1. The van der Waals surface area contributed by atoms with E-state index in [1.807, 2.05) is 37.2 Å². The molecule has 2 aromatic heterocycles. The lowest BCUT2D eigenvalue weighted by Crippen LogP contribution is -2.32. The maximum Gasteiger partial charge on any atom is 0.272 e. The minimum Gasteiger partial charge on any atom is -0.372 e. The van der Waals surface area contributed by atoms with Crippen molar-refractivity contribution in [1.29, 1.82) is 0 Å². The minimum absolute atomic E-state index is 0.0440. The molecule has 1 N–H and O–H groups in total. The Morgan fingerprint density at radius 3 is 2.84 bits per heavy atom. The van der Waals surface area contributed by atoms with Crippen LogP contribution in [0.15, 0.2) is 30.6 Å². The van der Waals surface area contributed by atoms with E-state index in [0.717, 1.165) is 56.0 Å². The normalized spacial score (nSPS) is 17.8. The molecule has 1 amide bonds. The van der Waals surface area contributed by atoms with E-state index in [2.05, 4.69) is 20.3 Å². The van der Waals surface area contributed by atoms with E-state index in [0.29, 0.717) is 11.6 Å². The molecule has 0 bridgehead atoms. The van der Waals surface area contributed by atoms with Gasteiger partial charge in [-0.15, -0.1) is 0 Å². The van der Waals surface area contributed by atoms with Gasteiger partial charge in [-0.1, -0.05) is 6.07 Å². The number of rotatable bonds is 4. The number of nitrogens with one attached hydrogen (secondary N) is 1. The van der Waals surface area contributed by atoms with Crippen LogP contribution in [0.1, 0.15) is 41.1 Å². The van der Waals surface area contributed by atoms with Crippen LogP contribution in [0.5, 0.6) is 0 Å². The first-order valence-electron chi connectivity index (χ1n) is 8.87. The molecule has 1 saturated heterocycles. The van der Waals surface area contributed by atoms with Gasteiger partial charge in [0.05, 0.1) is 18.1 Å². The number of hydrogen-bond donors (Lipinski definition) is 1. The zero-order chi connectivity index (χ0) is 17.6. The van der Waals surface area contributed by atoms with E-state index in [4.69, 9.17) is 0 Å². The molecule has 1 aliphatic heterocycles. The molecule has 6 nitrogen and oxygen atoms in total. The number of hydrogen-bond acceptors (Lipinski definition) is 5. The summed E-state index contributed by atoms with van der Waals surface area (Å²) in [5, 5.41) is 2.98. The van der Waals surface area contributed by atoms with Crippen molar-refractivity contribution in [1.82, 2.24) is 19.9 Å². The predicted octanol–water partition coefficient (Wildman–Crippen LogP) is 2.71. The number of aryl methyl sites for hydroxylation is 1. The second-order valence-corrected chi connectivity index (χ2v) is 6.60. The highest BCUT2D eigenvalue weighted by atomic mass is 16.2. The Labute approximate surface area is 148 Å². The average molecular weight is 339 g/mol. The molecule has 25 heavy (non-hydrogen) atoms. The lowest BCUT2D eigenvalue weighted by molar-refractivity contribution is 0.0754. The van der Waals surface area contributed by atoms with Gasteiger partial charge < -0.3 is 10.2 Å². The largest absolute Gasteiger partial charge is 0.372 e. The quantitative estimate of drug-likeness (QED) is 0.927. The van der Waals surface area contributed by atoms with Crippen molar-refractivity contribution in [2.24, 2.45) is 5.92 Å². The molecule has 1 fully saturated rings. The molecular weight excluding hydrogens is 314 g/mol. The minimum atomic E-state index is 0.0440. The Morgan fingerprint density at radius 1 is 1.24 bits per heavy atom. The highest BCUT2D eigenvalue weighted by Crippen LogP contribution is 2.22. The molecule has 0 aromatic carbocycles. The summed E-state index contributed by atoms with van der Waals surface area (Å²) in [6, 6.07) is 5.61. The molecule has 1 unspecified atom stereocenters. The first-order valence-corrected chi connectivity index (χ1v) is 8.87. The van der Waals surface area contributed by atoms with Crippen molar-refractivity contribution < 1.29 is 4.79 Å². The Balaban J connectivity index is 1.59. The summed E-state index contributed by atoms with van der Waals surface area (Å²) in [7, 11) is 1.84. The second-order valence-electron chi connectivity index (χ2n) is 6.60. The highest BCUT2D eigenvalue weighted by Gasteiger charge is 2.22. The van der Waals surface area contributed by atoms with Crippen LogP contribution in [0.4, 0.5) is 5.82 Å². The summed E-state index contributed by atoms with van der Waals surface area (Å²) in [6.07, 6.45) is 7.65. The van der Waals surface area contributed by atoms with Gasteiger partial charge in [-0.2, -0.15) is 0 Å². The van der Waals surface area contributed by atoms with Crippen LogP contribution in [-0.2, 0) is 6.42 Å². The highest BCUT2D eigenvalue weighted by molar-refractivity contribution is 5.92. The van der Waals surface area contributed by atoms with Gasteiger partial charge in [0.2, 0.25) is 0 Å². The molecule has 1 atom stereocenters. The fourth-order valence-electron chi connectivity index (χ4n) is 3.28. The molecule has 0 radical (unpaired) electrons. The molecule has 0 spiro atoms. The van der Waals surface area contributed by atoms with E-state index in [-0.39, 0.29) is 5.91 Å². The van der Waals surface area contributed by atoms with Crippen LogP contribution in [0.2, 0.25) is 0 Å². The smallest absolute Gasteiger partial charge is 0.272 e. The zero-order valence-corrected chi connectivity index (χ0v) is 14.9. The third kappa shape index (κ3) is 4.53. The predicted molar refractivity (Wildman–Crippen MR) is 97.5 cm³/mol. The van der Waals surface area contributed by atoms with E-state index in [1.54, 1.807) is 12.3 Å². The van der Waals surface area contributed by atoms with Gasteiger partial charge >= 0.3 is 0 Å². The van der Waals surface area contributed by atoms with Crippen molar-refractivity contribution in [3.63, 3.8) is 0 Å². The molecule has 0 saturated carbocycles. The standard InChI is InChI=1S/C19H25N5O/c1-14-5-3-7-17(23-14)19(25)24-9-4-6-15(8-10-24)11-16-12-22-18(20-2)13-21-16/h3,5,7,12-13,15H,4,6,8-11H2,1-2H3,(H,20,22). The maximum absolute atomic E-state index is 12.7. The molecular formula is C19H25N5O. The van der Waals surface area contributed by atoms with Crippen molar-refractivity contribution in [2.75, 3.05) is 25.5 Å². The second kappa shape index (κ2) is 8.05. The summed E-state index contributed by atoms with van der Waals surface area (Å²) in [5.41, 5.74) is 2.44. The van der Waals surface area contributed by atoms with Crippen LogP contribution in [-0.4, -0.2) is 45.9 Å². The number of carbonyl (C=O) groups is 1. The van der Waals surface area contributed by atoms with Crippen molar-refractivity contribution in [3.8, 4) is 0 Å². The molecule has 6 heteroatoms. The number of amides is 1. The Kier molecular flexibility index (Phi) is 5.58. The Hall–Kier alpha value is -2.50. The van der Waals surface area contributed by atoms with Crippen LogP contribution < -0.4 is 5.32 Å². The van der Waals surface area contributed by atoms with Crippen molar-refractivity contribution >= 4 is 11.7 Å². The van der Waals surface area contributed by atoms with E-state index in [1.165, 1.54) is 0 Å². The fraction of sp³-hybridized carbons (Fsp3) is 0.474. The molecule has 0 aliphatic carbocycles. The van der Waals surface area contributed by atoms with Crippen molar-refractivity contribution in [2.45, 2.75) is 32.6 Å². The number of nitrogens with zero attached hydrogens (tertiary/aromatic N) is 4. The average Bonchev–Trinajstić information content (AvgIpc) is 2.87. The molecule has 3 heterocycles. The van der Waals surface area contributed by atoms with Gasteiger partial charge in [0, 0.05) is 25.8 Å². The van der Waals surface area contributed by atoms with Gasteiger partial charge in [0.25, 0.3) is 5.91 Å². The van der Waals surface area contributed by atoms with Gasteiger partial charge in [-0.3, -0.25) is 9.78 Å². The van der Waals surface area contributed by atoms with Crippen LogP contribution >= 0.6 is 0 Å². The van der Waals surface area contributed by atoms with E-state index < -0.39 is 0 Å². The molecule has 2 aromatic rings. The number of carbonyl (C=O) groups excluding carboxylic acids is 1. The molecule has 132 valence electrons. The van der Waals surface area contributed by atoms with Crippen molar-refractivity contribution in [3.05, 3.63) is 47.7 Å². The topological polar surface area (TPSA) is 71.0 Å². The molecule has 3 rings (SSSR count). The van der Waals surface area contributed by atoms with Gasteiger partial charge in [0.15, 0.2) is 0 Å². The van der Waals surface area contributed by atoms with E-state index >= 15 is 0 Å². The SMILES string of the molecule is CNc1cnc(CC2CCCN(C(=O)c3cccc(C)n3)CC2)cn1. The first-order chi connectivity index (χ1) is 12.2. The summed E-state index contributed by atoms with van der Waals surface area (Å²) in [6.45, 7) is 3.49. The third-order valence-electron chi connectivity index (χ3n) is 4.70. The lowest BCUT2D eigenvalue weighted by atomic mass is 9.95. The van der Waals surface area contributed by atoms with Gasteiger partial charge in [0.1, 0.15) is 11.5 Å². The Morgan fingerprint density at radius 2 is 2.12 bits per heavy atom. The number of likely N-dealkylation sites (tertiary alicyclic amines) is 1. The summed E-state index contributed by atoms with van der Waals surface area (Å²) in [4.78, 5) is 27.8. The molecule has 1 aliphatic rings. The third-order valence-corrected chi connectivity index (χ3v) is 4.70. The van der Waals surface area contributed by atoms with E-state index in [9.17, 15) is 4.79 Å². The summed E-state index contributed by atoms with van der Waals surface area (Å²) < 4.78 is 0.